The van der Waals surface area contributed by atoms with E-state index < -0.39 is 18.4 Å². The van der Waals surface area contributed by atoms with Crippen LogP contribution in [0.15, 0.2) is 0 Å². The molecule has 0 spiro atoms. The first-order chi connectivity index (χ1) is 5.15. The molecule has 0 aromatic rings. The van der Waals surface area contributed by atoms with Gasteiger partial charge in [-0.05, 0) is 6.29 Å². The zero-order valence-electron chi connectivity index (χ0n) is 6.14. The lowest BCUT2D eigenvalue weighted by atomic mass is 10.0. The summed E-state index contributed by atoms with van der Waals surface area (Å²) < 4.78 is 4.85. The van der Waals surface area contributed by atoms with Gasteiger partial charge in [0, 0.05) is 19.0 Å². The van der Waals surface area contributed by atoms with E-state index >= 15 is 0 Å². The van der Waals surface area contributed by atoms with Crippen molar-refractivity contribution in [1.29, 1.82) is 0 Å². The van der Waals surface area contributed by atoms with Crippen molar-refractivity contribution in [3.8, 4) is 0 Å². The Labute approximate surface area is 64.9 Å². The average molecular weight is 161 g/mol. The Kier molecular flexibility index (Phi) is 2.80. The summed E-state index contributed by atoms with van der Waals surface area (Å²) in [5.74, 6) is 0. The lowest BCUT2D eigenvalue weighted by Gasteiger charge is -2.41. The molecule has 1 rings (SSSR count). The average Bonchev–Trinajstić information content (AvgIpc) is 1.99. The molecule has 0 aromatic carbocycles. The van der Waals surface area contributed by atoms with Gasteiger partial charge in [-0.15, -0.1) is 0 Å². The Morgan fingerprint density at radius 3 is 2.73 bits per heavy atom. The first-order valence-electron chi connectivity index (χ1n) is 3.60. The Balaban J connectivity index is 2.47. The molecule has 0 aliphatic carbocycles. The second-order valence-electron chi connectivity index (χ2n) is 2.74. The molecule has 1 aliphatic rings. The molecular formula is C6H13N2O3-. The number of rotatable bonds is 1. The van der Waals surface area contributed by atoms with Crippen LogP contribution in [0.3, 0.4) is 0 Å². The molecule has 1 aliphatic heterocycles. The highest BCUT2D eigenvalue weighted by Crippen LogP contribution is 2.14. The summed E-state index contributed by atoms with van der Waals surface area (Å²) in [6.45, 7) is 0.252. The van der Waals surface area contributed by atoms with Gasteiger partial charge in [0.25, 0.3) is 0 Å². The van der Waals surface area contributed by atoms with Crippen molar-refractivity contribution in [2.75, 3.05) is 6.54 Å². The number of nitrogens with two attached hydrogens (primary N) is 2. The molecule has 0 amide bonds. The van der Waals surface area contributed by atoms with Gasteiger partial charge in [0.15, 0.2) is 0 Å². The van der Waals surface area contributed by atoms with Gasteiger partial charge in [0.2, 0.25) is 0 Å². The summed E-state index contributed by atoms with van der Waals surface area (Å²) in [6.07, 6.45) is -2.10. The van der Waals surface area contributed by atoms with E-state index in [1.165, 1.54) is 0 Å². The maximum atomic E-state index is 10.9. The normalized spacial score (nSPS) is 45.8. The number of aliphatic hydroxyl groups excluding tert-OH is 1. The Morgan fingerprint density at radius 2 is 2.27 bits per heavy atom. The second kappa shape index (κ2) is 3.46. The minimum atomic E-state index is -1.34. The van der Waals surface area contributed by atoms with Crippen molar-refractivity contribution >= 4 is 0 Å². The van der Waals surface area contributed by atoms with E-state index in [9.17, 15) is 10.2 Å². The van der Waals surface area contributed by atoms with Crippen molar-refractivity contribution in [3.63, 3.8) is 0 Å². The van der Waals surface area contributed by atoms with Crippen LogP contribution in [0.2, 0.25) is 0 Å². The van der Waals surface area contributed by atoms with Crippen LogP contribution in [0.25, 0.3) is 0 Å². The highest BCUT2D eigenvalue weighted by Gasteiger charge is 2.28. The summed E-state index contributed by atoms with van der Waals surface area (Å²) in [5.41, 5.74) is 10.6. The Bertz CT molecular complexity index is 121. The molecule has 0 radical (unpaired) electrons. The van der Waals surface area contributed by atoms with Crippen LogP contribution >= 0.6 is 0 Å². The standard InChI is InChI=1S/C6H13N2O3/c7-2-3-1-4(9)5(8)6(10)11-3/h3-6,9H,1-2,7-8H2/q-1/t3-,4-,5+,6?/m0/s1. The van der Waals surface area contributed by atoms with Crippen molar-refractivity contribution in [2.24, 2.45) is 11.5 Å². The van der Waals surface area contributed by atoms with Gasteiger partial charge >= 0.3 is 0 Å². The molecular weight excluding hydrogens is 148 g/mol. The van der Waals surface area contributed by atoms with Crippen molar-refractivity contribution in [1.82, 2.24) is 0 Å². The summed E-state index contributed by atoms with van der Waals surface area (Å²) in [4.78, 5) is 0. The first kappa shape index (κ1) is 8.89. The monoisotopic (exact) mass is 161 g/mol. The predicted octanol–water partition coefficient (Wildman–Crippen LogP) is -2.89. The summed E-state index contributed by atoms with van der Waals surface area (Å²) in [6, 6.07) is -0.821. The van der Waals surface area contributed by atoms with Gasteiger partial charge in [0.05, 0.1) is 12.2 Å². The van der Waals surface area contributed by atoms with Gasteiger partial charge in [-0.25, -0.2) is 0 Å². The van der Waals surface area contributed by atoms with Crippen LogP contribution in [0.4, 0.5) is 0 Å². The number of aliphatic hydroxyl groups is 1. The fraction of sp³-hybridized carbons (Fsp3) is 1.00. The zero-order valence-corrected chi connectivity index (χ0v) is 6.14. The molecule has 1 heterocycles. The van der Waals surface area contributed by atoms with Crippen molar-refractivity contribution in [2.45, 2.75) is 31.0 Å². The Hall–Kier alpha value is -0.200. The maximum absolute atomic E-state index is 10.9. The zero-order chi connectivity index (χ0) is 8.43. The molecule has 5 heteroatoms. The van der Waals surface area contributed by atoms with Crippen molar-refractivity contribution in [3.05, 3.63) is 0 Å². The van der Waals surface area contributed by atoms with Crippen LogP contribution in [0, 0.1) is 0 Å². The molecule has 4 atom stereocenters. The molecule has 11 heavy (non-hydrogen) atoms. The molecule has 0 saturated carbocycles. The maximum Gasteiger partial charge on any atom is 0.0727 e. The topological polar surface area (TPSA) is 105 Å². The first-order valence-corrected chi connectivity index (χ1v) is 3.60. The molecule has 1 unspecified atom stereocenters. The lowest BCUT2D eigenvalue weighted by molar-refractivity contribution is -0.511. The van der Waals surface area contributed by atoms with E-state index in [1.54, 1.807) is 0 Å². The largest absolute Gasteiger partial charge is 0.830 e. The molecule has 0 bridgehead atoms. The highest BCUT2D eigenvalue weighted by atomic mass is 16.6. The minimum absolute atomic E-state index is 0.252. The van der Waals surface area contributed by atoms with E-state index in [-0.39, 0.29) is 12.6 Å². The van der Waals surface area contributed by atoms with E-state index in [0.29, 0.717) is 6.42 Å². The Morgan fingerprint density at radius 1 is 1.64 bits per heavy atom. The quantitative estimate of drug-likeness (QED) is 0.383. The third-order valence-corrected chi connectivity index (χ3v) is 1.85. The van der Waals surface area contributed by atoms with Gasteiger partial charge in [-0.2, -0.15) is 0 Å². The predicted molar refractivity (Wildman–Crippen MR) is 36.3 cm³/mol. The third kappa shape index (κ3) is 1.88. The molecule has 66 valence electrons. The summed E-state index contributed by atoms with van der Waals surface area (Å²) in [5, 5.41) is 20.1. The molecule has 1 saturated heterocycles. The second-order valence-corrected chi connectivity index (χ2v) is 2.74. The van der Waals surface area contributed by atoms with Crippen LogP contribution in [0.1, 0.15) is 6.42 Å². The molecule has 5 nitrogen and oxygen atoms in total. The van der Waals surface area contributed by atoms with Crippen LogP contribution in [-0.4, -0.2) is 36.2 Å². The van der Waals surface area contributed by atoms with Crippen LogP contribution in [-0.2, 0) is 4.74 Å². The fourth-order valence-electron chi connectivity index (χ4n) is 1.10. The number of hydrogen-bond acceptors (Lipinski definition) is 5. The van der Waals surface area contributed by atoms with E-state index in [2.05, 4.69) is 0 Å². The number of hydrogen-bond donors (Lipinski definition) is 3. The molecule has 0 aromatic heterocycles. The van der Waals surface area contributed by atoms with Crippen LogP contribution < -0.4 is 16.6 Å². The lowest BCUT2D eigenvalue weighted by Crippen LogP contribution is -2.59. The van der Waals surface area contributed by atoms with Gasteiger partial charge in [-0.3, -0.25) is 0 Å². The van der Waals surface area contributed by atoms with Gasteiger partial charge in [-0.1, -0.05) is 0 Å². The van der Waals surface area contributed by atoms with Crippen molar-refractivity contribution < 1.29 is 14.9 Å². The van der Waals surface area contributed by atoms with E-state index in [4.69, 9.17) is 16.2 Å². The van der Waals surface area contributed by atoms with Gasteiger partial charge < -0.3 is 26.4 Å². The van der Waals surface area contributed by atoms with E-state index in [1.807, 2.05) is 0 Å². The minimum Gasteiger partial charge on any atom is -0.830 e. The highest BCUT2D eigenvalue weighted by molar-refractivity contribution is 4.82. The smallest absolute Gasteiger partial charge is 0.0727 e. The van der Waals surface area contributed by atoms with Crippen LogP contribution in [0.5, 0.6) is 0 Å². The third-order valence-electron chi connectivity index (χ3n) is 1.85. The molecule has 1 fully saturated rings. The molecule has 5 N–H and O–H groups in total. The van der Waals surface area contributed by atoms with E-state index in [0.717, 1.165) is 0 Å². The summed E-state index contributed by atoms with van der Waals surface area (Å²) in [7, 11) is 0. The van der Waals surface area contributed by atoms with Gasteiger partial charge in [0.1, 0.15) is 0 Å². The fourth-order valence-corrected chi connectivity index (χ4v) is 1.10. The summed E-state index contributed by atoms with van der Waals surface area (Å²) >= 11 is 0. The number of ether oxygens (including phenoxy) is 1. The SMILES string of the molecule is NC[C@@H]1C[C@H](O)[C@@H](N)C([O-])O1.